The maximum atomic E-state index is 12.3. The van der Waals surface area contributed by atoms with Crippen LogP contribution in [-0.4, -0.2) is 19.1 Å². The van der Waals surface area contributed by atoms with Gasteiger partial charge in [-0.05, 0) is 30.9 Å². The number of ether oxygens (including phenoxy) is 1. The quantitative estimate of drug-likeness (QED) is 0.800. The van der Waals surface area contributed by atoms with Gasteiger partial charge in [0.25, 0.3) is 0 Å². The van der Waals surface area contributed by atoms with E-state index >= 15 is 0 Å². The Kier molecular flexibility index (Phi) is 5.15. The highest BCUT2D eigenvalue weighted by molar-refractivity contribution is 5.83. The summed E-state index contributed by atoms with van der Waals surface area (Å²) >= 11 is 0. The van der Waals surface area contributed by atoms with Crippen LogP contribution in [0.2, 0.25) is 0 Å². The maximum Gasteiger partial charge on any atom is 0.227 e. The number of benzene rings is 1. The summed E-state index contributed by atoms with van der Waals surface area (Å²) in [5.74, 6) is 0.0949. The van der Waals surface area contributed by atoms with E-state index in [1.165, 1.54) is 0 Å². The summed E-state index contributed by atoms with van der Waals surface area (Å²) in [5.41, 5.74) is 7.68. The lowest BCUT2D eigenvalue weighted by molar-refractivity contribution is -0.135. The Morgan fingerprint density at radius 1 is 1.35 bits per heavy atom. The molecule has 0 unspecified atom stereocenters. The first-order chi connectivity index (χ1) is 9.72. The van der Waals surface area contributed by atoms with Crippen molar-refractivity contribution in [3.63, 3.8) is 0 Å². The van der Waals surface area contributed by atoms with E-state index in [2.05, 4.69) is 5.32 Å². The van der Waals surface area contributed by atoms with Gasteiger partial charge in [0.15, 0.2) is 0 Å². The van der Waals surface area contributed by atoms with Gasteiger partial charge in [0, 0.05) is 19.7 Å². The topological polar surface area (TPSA) is 64.3 Å². The Hall–Kier alpha value is -1.39. The molecule has 1 aromatic carbocycles. The molecule has 4 nitrogen and oxygen atoms in total. The first-order valence-corrected chi connectivity index (χ1v) is 7.35. The van der Waals surface area contributed by atoms with Crippen LogP contribution in [0.15, 0.2) is 24.3 Å². The average molecular weight is 276 g/mol. The Labute approximate surface area is 120 Å². The Morgan fingerprint density at radius 2 is 2.05 bits per heavy atom. The molecule has 1 aliphatic carbocycles. The highest BCUT2D eigenvalue weighted by Crippen LogP contribution is 2.40. The second-order valence-electron chi connectivity index (χ2n) is 5.43. The van der Waals surface area contributed by atoms with Gasteiger partial charge in [0.2, 0.25) is 5.91 Å². The predicted octanol–water partition coefficient (Wildman–Crippen LogP) is 1.97. The summed E-state index contributed by atoms with van der Waals surface area (Å²) < 4.78 is 5.46. The van der Waals surface area contributed by atoms with Crippen molar-refractivity contribution >= 4 is 5.91 Å². The van der Waals surface area contributed by atoms with Gasteiger partial charge in [0.05, 0.1) is 12.0 Å². The first kappa shape index (κ1) is 15.0. The average Bonchev–Trinajstić information content (AvgIpc) is 2.43. The SMILES string of the molecule is CCOCc1ccccc1CNC(=O)C1(CN)CCC1. The van der Waals surface area contributed by atoms with Gasteiger partial charge in [-0.3, -0.25) is 4.79 Å². The number of amides is 1. The van der Waals surface area contributed by atoms with Crippen LogP contribution in [0.25, 0.3) is 0 Å². The largest absolute Gasteiger partial charge is 0.377 e. The van der Waals surface area contributed by atoms with Gasteiger partial charge in [-0.2, -0.15) is 0 Å². The molecule has 0 aliphatic heterocycles. The van der Waals surface area contributed by atoms with Gasteiger partial charge in [-0.15, -0.1) is 0 Å². The smallest absolute Gasteiger partial charge is 0.227 e. The monoisotopic (exact) mass is 276 g/mol. The van der Waals surface area contributed by atoms with Crippen LogP contribution in [0, 0.1) is 5.41 Å². The number of nitrogens with two attached hydrogens (primary N) is 1. The lowest BCUT2D eigenvalue weighted by Crippen LogP contribution is -2.50. The van der Waals surface area contributed by atoms with E-state index in [-0.39, 0.29) is 11.3 Å². The van der Waals surface area contributed by atoms with E-state index in [4.69, 9.17) is 10.5 Å². The minimum Gasteiger partial charge on any atom is -0.377 e. The molecular weight excluding hydrogens is 252 g/mol. The van der Waals surface area contributed by atoms with Crippen LogP contribution in [0.4, 0.5) is 0 Å². The Morgan fingerprint density at radius 3 is 2.60 bits per heavy atom. The Balaban J connectivity index is 1.95. The fraction of sp³-hybridized carbons (Fsp3) is 0.562. The zero-order valence-corrected chi connectivity index (χ0v) is 12.2. The van der Waals surface area contributed by atoms with E-state index in [1.807, 2.05) is 31.2 Å². The number of nitrogens with one attached hydrogen (secondary N) is 1. The molecule has 1 fully saturated rings. The fourth-order valence-corrected chi connectivity index (χ4v) is 2.57. The lowest BCUT2D eigenvalue weighted by Gasteiger charge is -2.39. The minimum atomic E-state index is -0.311. The van der Waals surface area contributed by atoms with Crippen molar-refractivity contribution in [1.29, 1.82) is 0 Å². The summed E-state index contributed by atoms with van der Waals surface area (Å²) in [4.78, 5) is 12.3. The molecule has 1 saturated carbocycles. The number of carbonyl (C=O) groups excluding carboxylic acids is 1. The van der Waals surface area contributed by atoms with Crippen LogP contribution >= 0.6 is 0 Å². The number of hydrogen-bond donors (Lipinski definition) is 2. The van der Waals surface area contributed by atoms with E-state index in [1.54, 1.807) is 0 Å². The summed E-state index contributed by atoms with van der Waals surface area (Å²) in [6.07, 6.45) is 2.93. The molecule has 2 rings (SSSR count). The van der Waals surface area contributed by atoms with Gasteiger partial charge < -0.3 is 15.8 Å². The lowest BCUT2D eigenvalue weighted by atomic mass is 9.68. The molecule has 0 radical (unpaired) electrons. The second kappa shape index (κ2) is 6.86. The van der Waals surface area contributed by atoms with Crippen LogP contribution < -0.4 is 11.1 Å². The van der Waals surface area contributed by atoms with Crippen molar-refractivity contribution in [2.75, 3.05) is 13.2 Å². The molecule has 0 aromatic heterocycles. The zero-order chi connectivity index (χ0) is 14.4. The van der Waals surface area contributed by atoms with Crippen molar-refractivity contribution < 1.29 is 9.53 Å². The second-order valence-corrected chi connectivity index (χ2v) is 5.43. The molecule has 4 heteroatoms. The van der Waals surface area contributed by atoms with Crippen molar-refractivity contribution in [1.82, 2.24) is 5.32 Å². The van der Waals surface area contributed by atoms with Crippen LogP contribution in [0.3, 0.4) is 0 Å². The number of rotatable bonds is 7. The summed E-state index contributed by atoms with van der Waals surface area (Å²) in [6.45, 7) is 4.25. The highest BCUT2D eigenvalue weighted by Gasteiger charge is 2.42. The highest BCUT2D eigenvalue weighted by atomic mass is 16.5. The fourth-order valence-electron chi connectivity index (χ4n) is 2.57. The molecule has 0 bridgehead atoms. The van der Waals surface area contributed by atoms with E-state index in [0.29, 0.717) is 26.3 Å². The van der Waals surface area contributed by atoms with Gasteiger partial charge >= 0.3 is 0 Å². The minimum absolute atomic E-state index is 0.0949. The van der Waals surface area contributed by atoms with E-state index < -0.39 is 0 Å². The van der Waals surface area contributed by atoms with Gasteiger partial charge in [-0.25, -0.2) is 0 Å². The molecule has 0 saturated heterocycles. The van der Waals surface area contributed by atoms with Crippen molar-refractivity contribution in [3.8, 4) is 0 Å². The normalized spacial score (nSPS) is 16.5. The molecule has 1 amide bonds. The molecule has 0 spiro atoms. The number of carbonyl (C=O) groups is 1. The van der Waals surface area contributed by atoms with E-state index in [9.17, 15) is 4.79 Å². The molecular formula is C16H24N2O2. The molecule has 0 heterocycles. The summed E-state index contributed by atoms with van der Waals surface area (Å²) in [7, 11) is 0. The molecule has 1 aliphatic rings. The van der Waals surface area contributed by atoms with Crippen LogP contribution in [0.1, 0.15) is 37.3 Å². The van der Waals surface area contributed by atoms with Crippen LogP contribution in [-0.2, 0) is 22.7 Å². The van der Waals surface area contributed by atoms with E-state index in [0.717, 1.165) is 30.4 Å². The van der Waals surface area contributed by atoms with Crippen molar-refractivity contribution in [2.24, 2.45) is 11.1 Å². The summed E-state index contributed by atoms with van der Waals surface area (Å²) in [6, 6.07) is 8.05. The summed E-state index contributed by atoms with van der Waals surface area (Å²) in [5, 5.41) is 3.03. The molecule has 1 aromatic rings. The first-order valence-electron chi connectivity index (χ1n) is 7.35. The zero-order valence-electron chi connectivity index (χ0n) is 12.2. The van der Waals surface area contributed by atoms with Crippen molar-refractivity contribution in [3.05, 3.63) is 35.4 Å². The Bertz CT molecular complexity index is 450. The number of hydrogen-bond acceptors (Lipinski definition) is 3. The third-order valence-electron chi connectivity index (χ3n) is 4.20. The molecule has 3 N–H and O–H groups in total. The third kappa shape index (κ3) is 3.19. The maximum absolute atomic E-state index is 12.3. The molecule has 110 valence electrons. The van der Waals surface area contributed by atoms with Gasteiger partial charge in [-0.1, -0.05) is 30.7 Å². The predicted molar refractivity (Wildman–Crippen MR) is 79.0 cm³/mol. The molecule has 20 heavy (non-hydrogen) atoms. The van der Waals surface area contributed by atoms with Crippen molar-refractivity contribution in [2.45, 2.75) is 39.3 Å². The molecule has 0 atom stereocenters. The van der Waals surface area contributed by atoms with Crippen LogP contribution in [0.5, 0.6) is 0 Å². The van der Waals surface area contributed by atoms with Gasteiger partial charge in [0.1, 0.15) is 0 Å². The third-order valence-corrected chi connectivity index (χ3v) is 4.20. The standard InChI is InChI=1S/C16H24N2O2/c1-2-20-11-14-7-4-3-6-13(14)10-18-15(19)16(12-17)8-5-9-16/h3-4,6-7H,2,5,8-12,17H2,1H3,(H,18,19).